The van der Waals surface area contributed by atoms with E-state index in [4.69, 9.17) is 10.00 Å². The molecule has 0 radical (unpaired) electrons. The third-order valence-corrected chi connectivity index (χ3v) is 3.89. The Bertz CT molecular complexity index is 442. The van der Waals surface area contributed by atoms with Crippen molar-refractivity contribution in [1.29, 1.82) is 5.26 Å². The lowest BCUT2D eigenvalue weighted by Crippen LogP contribution is -2.23. The van der Waals surface area contributed by atoms with Crippen LogP contribution in [0.2, 0.25) is 0 Å². The van der Waals surface area contributed by atoms with E-state index in [1.165, 1.54) is 0 Å². The second-order valence-electron chi connectivity index (χ2n) is 4.26. The molecular formula is C13H15BrN2O. The van der Waals surface area contributed by atoms with Gasteiger partial charge in [-0.2, -0.15) is 5.26 Å². The predicted octanol–water partition coefficient (Wildman–Crippen LogP) is 3.56. The molecule has 1 fully saturated rings. The van der Waals surface area contributed by atoms with E-state index in [1.54, 1.807) is 7.11 Å². The van der Waals surface area contributed by atoms with Crippen LogP contribution in [0.4, 0.5) is 5.69 Å². The summed E-state index contributed by atoms with van der Waals surface area (Å²) >= 11 is 3.51. The summed E-state index contributed by atoms with van der Waals surface area (Å²) in [7, 11) is 1.65. The Balaban J connectivity index is 2.15. The van der Waals surface area contributed by atoms with Gasteiger partial charge in [0.1, 0.15) is 5.75 Å². The first-order valence-corrected chi connectivity index (χ1v) is 6.53. The number of hydrogen-bond acceptors (Lipinski definition) is 3. The Kier molecular flexibility index (Phi) is 3.90. The van der Waals surface area contributed by atoms with Crippen LogP contribution in [-0.2, 0) is 0 Å². The van der Waals surface area contributed by atoms with Crippen molar-refractivity contribution in [2.24, 2.45) is 5.92 Å². The minimum Gasteiger partial charge on any atom is -0.497 e. The highest BCUT2D eigenvalue weighted by Gasteiger charge is 2.27. The Labute approximate surface area is 110 Å². The van der Waals surface area contributed by atoms with Crippen LogP contribution in [-0.4, -0.2) is 13.2 Å². The minimum absolute atomic E-state index is 0.119. The summed E-state index contributed by atoms with van der Waals surface area (Å²) in [6, 6.07) is 8.45. The number of hydrogen-bond donors (Lipinski definition) is 1. The van der Waals surface area contributed by atoms with E-state index in [1.807, 2.05) is 18.2 Å². The molecule has 2 atom stereocenters. The van der Waals surface area contributed by atoms with Gasteiger partial charge in [0.25, 0.3) is 0 Å². The normalized spacial score (nSPS) is 23.1. The smallest absolute Gasteiger partial charge is 0.121 e. The summed E-state index contributed by atoms with van der Waals surface area (Å²) in [4.78, 5) is 0. The molecular weight excluding hydrogens is 280 g/mol. The highest BCUT2D eigenvalue weighted by atomic mass is 79.9. The summed E-state index contributed by atoms with van der Waals surface area (Å²) < 4.78 is 6.20. The molecule has 0 aliphatic heterocycles. The van der Waals surface area contributed by atoms with Gasteiger partial charge in [-0.15, -0.1) is 0 Å². The molecule has 1 aliphatic carbocycles. The molecule has 1 aromatic rings. The molecule has 0 heterocycles. The Morgan fingerprint density at radius 2 is 2.29 bits per heavy atom. The molecule has 1 aliphatic rings. The number of methoxy groups -OCH3 is 1. The SMILES string of the molecule is COc1ccc(Br)c(NC2CCCC2C#N)c1. The molecule has 1 aromatic carbocycles. The highest BCUT2D eigenvalue weighted by molar-refractivity contribution is 9.10. The minimum atomic E-state index is 0.119. The Morgan fingerprint density at radius 3 is 3.00 bits per heavy atom. The van der Waals surface area contributed by atoms with Gasteiger partial charge in [-0.1, -0.05) is 0 Å². The van der Waals surface area contributed by atoms with Crippen LogP contribution in [0.3, 0.4) is 0 Å². The van der Waals surface area contributed by atoms with Gasteiger partial charge in [0, 0.05) is 16.6 Å². The predicted molar refractivity (Wildman–Crippen MR) is 71.1 cm³/mol. The van der Waals surface area contributed by atoms with Crippen molar-refractivity contribution < 1.29 is 4.74 Å². The first-order valence-electron chi connectivity index (χ1n) is 5.74. The molecule has 0 amide bonds. The number of anilines is 1. The molecule has 3 nitrogen and oxygen atoms in total. The number of halogens is 1. The standard InChI is InChI=1S/C13H15BrN2O/c1-17-10-5-6-11(14)13(7-10)16-12-4-2-3-9(12)8-15/h5-7,9,12,16H,2-4H2,1H3. The van der Waals surface area contributed by atoms with Crippen molar-refractivity contribution in [3.63, 3.8) is 0 Å². The molecule has 1 saturated carbocycles. The van der Waals surface area contributed by atoms with E-state index < -0.39 is 0 Å². The van der Waals surface area contributed by atoms with Crippen LogP contribution < -0.4 is 10.1 Å². The molecule has 0 bridgehead atoms. The fourth-order valence-electron chi connectivity index (χ4n) is 2.23. The molecule has 2 rings (SSSR count). The largest absolute Gasteiger partial charge is 0.497 e. The van der Waals surface area contributed by atoms with E-state index in [0.29, 0.717) is 0 Å². The van der Waals surface area contributed by atoms with Crippen molar-refractivity contribution in [2.45, 2.75) is 25.3 Å². The molecule has 90 valence electrons. The number of nitrogens with one attached hydrogen (secondary N) is 1. The maximum atomic E-state index is 9.06. The van der Waals surface area contributed by atoms with Gasteiger partial charge < -0.3 is 10.1 Å². The molecule has 17 heavy (non-hydrogen) atoms. The molecule has 0 spiro atoms. The summed E-state index contributed by atoms with van der Waals surface area (Å²) in [6.07, 6.45) is 3.18. The van der Waals surface area contributed by atoms with Gasteiger partial charge >= 0.3 is 0 Å². The lowest BCUT2D eigenvalue weighted by atomic mass is 10.1. The number of ether oxygens (including phenoxy) is 1. The fraction of sp³-hybridized carbons (Fsp3) is 0.462. The van der Waals surface area contributed by atoms with Gasteiger partial charge in [0.15, 0.2) is 0 Å². The number of rotatable bonds is 3. The molecule has 4 heteroatoms. The number of nitrogens with zero attached hydrogens (tertiary/aromatic N) is 1. The van der Waals surface area contributed by atoms with Crippen molar-refractivity contribution in [3.8, 4) is 11.8 Å². The third-order valence-electron chi connectivity index (χ3n) is 3.20. The van der Waals surface area contributed by atoms with Crippen LogP contribution in [0, 0.1) is 17.2 Å². The molecule has 0 aromatic heterocycles. The van der Waals surface area contributed by atoms with Crippen LogP contribution in [0.5, 0.6) is 5.75 Å². The molecule has 1 N–H and O–H groups in total. The van der Waals surface area contributed by atoms with E-state index in [2.05, 4.69) is 27.3 Å². The van der Waals surface area contributed by atoms with Gasteiger partial charge in [-0.05, 0) is 47.3 Å². The molecule has 2 unspecified atom stereocenters. The number of benzene rings is 1. The summed E-state index contributed by atoms with van der Waals surface area (Å²) in [5.41, 5.74) is 0.997. The van der Waals surface area contributed by atoms with Crippen LogP contribution in [0.15, 0.2) is 22.7 Å². The zero-order valence-corrected chi connectivity index (χ0v) is 11.3. The van der Waals surface area contributed by atoms with Crippen LogP contribution in [0.1, 0.15) is 19.3 Å². The van der Waals surface area contributed by atoms with Gasteiger partial charge in [-0.3, -0.25) is 0 Å². The van der Waals surface area contributed by atoms with E-state index in [9.17, 15) is 0 Å². The van der Waals surface area contributed by atoms with Gasteiger partial charge in [0.2, 0.25) is 0 Å². The van der Waals surface area contributed by atoms with Gasteiger partial charge in [-0.25, -0.2) is 0 Å². The van der Waals surface area contributed by atoms with Crippen molar-refractivity contribution in [2.75, 3.05) is 12.4 Å². The highest BCUT2D eigenvalue weighted by Crippen LogP contribution is 2.32. The Morgan fingerprint density at radius 1 is 1.47 bits per heavy atom. The van der Waals surface area contributed by atoms with E-state index >= 15 is 0 Å². The van der Waals surface area contributed by atoms with Crippen molar-refractivity contribution in [1.82, 2.24) is 0 Å². The van der Waals surface area contributed by atoms with Gasteiger partial charge in [0.05, 0.1) is 24.8 Å². The summed E-state index contributed by atoms with van der Waals surface area (Å²) in [5.74, 6) is 0.940. The van der Waals surface area contributed by atoms with Crippen molar-refractivity contribution >= 4 is 21.6 Å². The average Bonchev–Trinajstić information content (AvgIpc) is 2.79. The second-order valence-corrected chi connectivity index (χ2v) is 5.12. The van der Waals surface area contributed by atoms with Crippen LogP contribution >= 0.6 is 15.9 Å². The third kappa shape index (κ3) is 2.73. The monoisotopic (exact) mass is 294 g/mol. The average molecular weight is 295 g/mol. The fourth-order valence-corrected chi connectivity index (χ4v) is 2.59. The van der Waals surface area contributed by atoms with E-state index in [-0.39, 0.29) is 12.0 Å². The first-order chi connectivity index (χ1) is 8.24. The van der Waals surface area contributed by atoms with E-state index in [0.717, 1.165) is 35.2 Å². The maximum absolute atomic E-state index is 9.06. The lowest BCUT2D eigenvalue weighted by molar-refractivity contribution is 0.415. The zero-order chi connectivity index (χ0) is 12.3. The summed E-state index contributed by atoms with van der Waals surface area (Å²) in [5, 5.41) is 12.5. The topological polar surface area (TPSA) is 45.0 Å². The maximum Gasteiger partial charge on any atom is 0.121 e. The van der Waals surface area contributed by atoms with Crippen LogP contribution in [0.25, 0.3) is 0 Å². The second kappa shape index (κ2) is 5.42. The molecule has 0 saturated heterocycles. The lowest BCUT2D eigenvalue weighted by Gasteiger charge is -2.18. The summed E-state index contributed by atoms with van der Waals surface area (Å²) in [6.45, 7) is 0. The first kappa shape index (κ1) is 12.3. The van der Waals surface area contributed by atoms with Crippen molar-refractivity contribution in [3.05, 3.63) is 22.7 Å². The Hall–Kier alpha value is -1.21. The quantitative estimate of drug-likeness (QED) is 0.927. The number of nitriles is 1. The zero-order valence-electron chi connectivity index (χ0n) is 9.74.